The van der Waals surface area contributed by atoms with Crippen molar-refractivity contribution in [2.24, 2.45) is 0 Å². The van der Waals surface area contributed by atoms with Gasteiger partial charge in [0.1, 0.15) is 6.20 Å². The fourth-order valence-corrected chi connectivity index (χ4v) is 2.71. The van der Waals surface area contributed by atoms with Crippen LogP contribution in [0.15, 0.2) is 18.6 Å². The van der Waals surface area contributed by atoms with E-state index in [1.807, 2.05) is 6.20 Å². The molecule has 1 saturated heterocycles. The van der Waals surface area contributed by atoms with Crippen LogP contribution in [0.3, 0.4) is 0 Å². The van der Waals surface area contributed by atoms with Crippen LogP contribution in [0.2, 0.25) is 0 Å². The Hall–Kier alpha value is -2.00. The molecule has 1 unspecified atom stereocenters. The van der Waals surface area contributed by atoms with Crippen molar-refractivity contribution in [2.75, 3.05) is 11.9 Å². The summed E-state index contributed by atoms with van der Waals surface area (Å²) in [4.78, 5) is 14.1. The summed E-state index contributed by atoms with van der Waals surface area (Å²) in [6, 6.07) is 0. The lowest BCUT2D eigenvalue weighted by atomic mass is 10.2. The van der Waals surface area contributed by atoms with Crippen LogP contribution in [0.4, 0.5) is 15.8 Å². The molecule has 0 aromatic carbocycles. The molecule has 0 spiro atoms. The van der Waals surface area contributed by atoms with Gasteiger partial charge in [-0.05, 0) is 24.2 Å². The average Bonchev–Trinajstić information content (AvgIpc) is 3.12. The van der Waals surface area contributed by atoms with Crippen molar-refractivity contribution in [3.05, 3.63) is 28.7 Å². The zero-order valence-corrected chi connectivity index (χ0v) is 11.4. The highest BCUT2D eigenvalue weighted by Crippen LogP contribution is 2.27. The molecular formula is C11H13N5O3S. The quantitative estimate of drug-likeness (QED) is 0.671. The van der Waals surface area contributed by atoms with E-state index in [0.717, 1.165) is 43.0 Å². The number of hydrogen-bond acceptors (Lipinski definition) is 7. The molecule has 2 aromatic rings. The van der Waals surface area contributed by atoms with Crippen LogP contribution in [0, 0.1) is 10.1 Å². The molecule has 2 aromatic heterocycles. The summed E-state index contributed by atoms with van der Waals surface area (Å²) in [6.45, 7) is 1.54. The standard InChI is InChI=1S/C11H13N5O3S/c17-16(18)10-5-12-11(20-10)14-8-4-13-15(6-8)7-9-2-1-3-19-9/h4-6,9H,1-3,7H2,(H,12,14). The molecule has 1 atom stereocenters. The van der Waals surface area contributed by atoms with Crippen molar-refractivity contribution in [1.82, 2.24) is 14.8 Å². The van der Waals surface area contributed by atoms with E-state index in [1.54, 1.807) is 10.9 Å². The van der Waals surface area contributed by atoms with Crippen LogP contribution in [-0.4, -0.2) is 32.4 Å². The number of rotatable bonds is 5. The minimum absolute atomic E-state index is 0.0132. The first-order valence-corrected chi connectivity index (χ1v) is 7.03. The topological polar surface area (TPSA) is 95.1 Å². The number of nitro groups is 1. The van der Waals surface area contributed by atoms with Crippen molar-refractivity contribution >= 4 is 27.2 Å². The summed E-state index contributed by atoms with van der Waals surface area (Å²) in [6.07, 6.45) is 7.13. The lowest BCUT2D eigenvalue weighted by Crippen LogP contribution is -2.15. The predicted octanol–water partition coefficient (Wildman–Crippen LogP) is 2.17. The van der Waals surface area contributed by atoms with E-state index in [1.165, 1.54) is 6.20 Å². The fourth-order valence-electron chi connectivity index (χ4n) is 2.06. The second kappa shape index (κ2) is 5.55. The van der Waals surface area contributed by atoms with Crippen molar-refractivity contribution < 1.29 is 9.66 Å². The zero-order chi connectivity index (χ0) is 13.9. The molecule has 0 radical (unpaired) electrons. The van der Waals surface area contributed by atoms with Gasteiger partial charge >= 0.3 is 5.00 Å². The second-order valence-corrected chi connectivity index (χ2v) is 5.48. The molecule has 1 N–H and O–H groups in total. The van der Waals surface area contributed by atoms with Gasteiger partial charge in [0, 0.05) is 12.8 Å². The molecule has 3 rings (SSSR count). The maximum Gasteiger partial charge on any atom is 0.345 e. The summed E-state index contributed by atoms with van der Waals surface area (Å²) < 4.78 is 7.35. The summed E-state index contributed by atoms with van der Waals surface area (Å²) in [5.41, 5.74) is 0.757. The molecular weight excluding hydrogens is 282 g/mol. The van der Waals surface area contributed by atoms with Crippen LogP contribution >= 0.6 is 11.3 Å². The molecule has 1 fully saturated rings. The molecule has 0 bridgehead atoms. The van der Waals surface area contributed by atoms with Gasteiger partial charge in [0.25, 0.3) is 0 Å². The molecule has 9 heteroatoms. The van der Waals surface area contributed by atoms with E-state index in [9.17, 15) is 10.1 Å². The minimum atomic E-state index is -0.455. The zero-order valence-electron chi connectivity index (χ0n) is 10.6. The maximum absolute atomic E-state index is 10.6. The lowest BCUT2D eigenvalue weighted by molar-refractivity contribution is -0.380. The van der Waals surface area contributed by atoms with Crippen LogP contribution in [0.5, 0.6) is 0 Å². The molecule has 0 saturated carbocycles. The van der Waals surface area contributed by atoms with E-state index in [2.05, 4.69) is 15.4 Å². The lowest BCUT2D eigenvalue weighted by Gasteiger charge is -2.08. The number of hydrogen-bond donors (Lipinski definition) is 1. The number of nitrogens with one attached hydrogen (secondary N) is 1. The predicted molar refractivity (Wildman–Crippen MR) is 73.3 cm³/mol. The number of anilines is 2. The van der Waals surface area contributed by atoms with E-state index in [4.69, 9.17) is 4.74 Å². The van der Waals surface area contributed by atoms with E-state index < -0.39 is 4.92 Å². The first kappa shape index (κ1) is 13.0. The van der Waals surface area contributed by atoms with Gasteiger partial charge in [0.15, 0.2) is 5.13 Å². The van der Waals surface area contributed by atoms with Crippen LogP contribution in [-0.2, 0) is 11.3 Å². The summed E-state index contributed by atoms with van der Waals surface area (Å²) in [7, 11) is 0. The van der Waals surface area contributed by atoms with E-state index >= 15 is 0 Å². The molecule has 0 aliphatic carbocycles. The van der Waals surface area contributed by atoms with Gasteiger partial charge in [-0.2, -0.15) is 5.10 Å². The third-order valence-electron chi connectivity index (χ3n) is 2.97. The Morgan fingerprint density at radius 3 is 3.20 bits per heavy atom. The third-order valence-corrected chi connectivity index (χ3v) is 3.84. The minimum Gasteiger partial charge on any atom is -0.376 e. The second-order valence-electron chi connectivity index (χ2n) is 4.47. The Balaban J connectivity index is 1.62. The maximum atomic E-state index is 10.6. The summed E-state index contributed by atoms with van der Waals surface area (Å²) in [5, 5.41) is 18.3. The van der Waals surface area contributed by atoms with Crippen LogP contribution < -0.4 is 5.32 Å². The number of ether oxygens (including phenoxy) is 1. The average molecular weight is 295 g/mol. The normalized spacial score (nSPS) is 18.3. The summed E-state index contributed by atoms with van der Waals surface area (Å²) >= 11 is 0.995. The Morgan fingerprint density at radius 2 is 2.50 bits per heavy atom. The van der Waals surface area contributed by atoms with Crippen molar-refractivity contribution in [3.8, 4) is 0 Å². The Bertz CT molecular complexity index is 605. The van der Waals surface area contributed by atoms with Gasteiger partial charge in [-0.25, -0.2) is 4.98 Å². The van der Waals surface area contributed by atoms with E-state index in [-0.39, 0.29) is 11.1 Å². The molecule has 20 heavy (non-hydrogen) atoms. The third kappa shape index (κ3) is 2.94. The molecule has 1 aliphatic heterocycles. The van der Waals surface area contributed by atoms with Crippen LogP contribution in [0.25, 0.3) is 0 Å². The highest BCUT2D eigenvalue weighted by molar-refractivity contribution is 7.18. The first-order chi connectivity index (χ1) is 9.70. The Kier molecular flexibility index (Phi) is 3.61. The van der Waals surface area contributed by atoms with Gasteiger partial charge in [0.2, 0.25) is 0 Å². The Labute approximate surface area is 118 Å². The van der Waals surface area contributed by atoms with Gasteiger partial charge in [0.05, 0.1) is 29.5 Å². The molecule has 3 heterocycles. The molecule has 0 amide bonds. The highest BCUT2D eigenvalue weighted by atomic mass is 32.1. The highest BCUT2D eigenvalue weighted by Gasteiger charge is 2.17. The molecule has 8 nitrogen and oxygen atoms in total. The largest absolute Gasteiger partial charge is 0.376 e. The molecule has 106 valence electrons. The first-order valence-electron chi connectivity index (χ1n) is 6.22. The Morgan fingerprint density at radius 1 is 1.60 bits per heavy atom. The number of nitrogens with zero attached hydrogens (tertiary/aromatic N) is 4. The van der Waals surface area contributed by atoms with E-state index in [0.29, 0.717) is 5.13 Å². The van der Waals surface area contributed by atoms with Gasteiger partial charge in [-0.15, -0.1) is 0 Å². The van der Waals surface area contributed by atoms with Gasteiger partial charge in [-0.1, -0.05) is 0 Å². The van der Waals surface area contributed by atoms with Crippen LogP contribution in [0.1, 0.15) is 12.8 Å². The van der Waals surface area contributed by atoms with Crippen molar-refractivity contribution in [1.29, 1.82) is 0 Å². The number of thiazole rings is 1. The summed E-state index contributed by atoms with van der Waals surface area (Å²) in [5.74, 6) is 0. The number of aromatic nitrogens is 3. The molecule has 1 aliphatic rings. The monoisotopic (exact) mass is 295 g/mol. The smallest absolute Gasteiger partial charge is 0.345 e. The SMILES string of the molecule is O=[N+]([O-])c1cnc(Nc2cnn(CC3CCCO3)c2)s1. The van der Waals surface area contributed by atoms with Crippen molar-refractivity contribution in [3.63, 3.8) is 0 Å². The van der Waals surface area contributed by atoms with Gasteiger partial charge < -0.3 is 10.1 Å². The van der Waals surface area contributed by atoms with Gasteiger partial charge in [-0.3, -0.25) is 14.8 Å². The fraction of sp³-hybridized carbons (Fsp3) is 0.455. The van der Waals surface area contributed by atoms with Crippen molar-refractivity contribution in [2.45, 2.75) is 25.5 Å².